The predicted molar refractivity (Wildman–Crippen MR) is 117 cm³/mol. The van der Waals surface area contributed by atoms with Crippen molar-refractivity contribution in [2.24, 2.45) is 0 Å². The van der Waals surface area contributed by atoms with Crippen LogP contribution in [0.5, 0.6) is 0 Å². The summed E-state index contributed by atoms with van der Waals surface area (Å²) in [6, 6.07) is 16.7. The van der Waals surface area contributed by atoms with E-state index >= 15 is 0 Å². The maximum Gasteiger partial charge on any atom is 0.196 e. The quantitative estimate of drug-likeness (QED) is 0.410. The number of hydrogen-bond donors (Lipinski definition) is 0. The van der Waals surface area contributed by atoms with Gasteiger partial charge < -0.3 is 0 Å². The SMILES string of the molecule is CC(c1nnc(SCc2ccc(-n3cccn3)cc2)n1-c1ccc(F)cc1)N(C)C. The minimum Gasteiger partial charge on any atom is -0.300 e. The summed E-state index contributed by atoms with van der Waals surface area (Å²) in [5, 5.41) is 13.9. The molecule has 0 N–H and O–H groups in total. The van der Waals surface area contributed by atoms with Crippen LogP contribution in [-0.2, 0) is 5.75 Å². The van der Waals surface area contributed by atoms with E-state index in [1.54, 1.807) is 30.1 Å². The monoisotopic (exact) mass is 422 g/mol. The zero-order chi connectivity index (χ0) is 21.1. The first kappa shape index (κ1) is 20.3. The molecule has 0 aliphatic heterocycles. The van der Waals surface area contributed by atoms with Crippen LogP contribution in [-0.4, -0.2) is 43.5 Å². The van der Waals surface area contributed by atoms with Crippen LogP contribution >= 0.6 is 11.8 Å². The Balaban J connectivity index is 1.58. The molecule has 30 heavy (non-hydrogen) atoms. The third kappa shape index (κ3) is 4.29. The summed E-state index contributed by atoms with van der Waals surface area (Å²) in [7, 11) is 4.00. The fourth-order valence-corrected chi connectivity index (χ4v) is 3.94. The Morgan fingerprint density at radius 3 is 2.33 bits per heavy atom. The lowest BCUT2D eigenvalue weighted by Gasteiger charge is -2.20. The van der Waals surface area contributed by atoms with Gasteiger partial charge in [-0.1, -0.05) is 23.9 Å². The van der Waals surface area contributed by atoms with E-state index in [0.29, 0.717) is 0 Å². The van der Waals surface area contributed by atoms with Gasteiger partial charge in [0.2, 0.25) is 0 Å². The van der Waals surface area contributed by atoms with Crippen LogP contribution in [0, 0.1) is 5.82 Å². The normalized spacial score (nSPS) is 12.4. The predicted octanol–water partition coefficient (Wildman–Crippen LogP) is 4.51. The van der Waals surface area contributed by atoms with Gasteiger partial charge in [0, 0.05) is 23.8 Å². The molecule has 6 nitrogen and oxygen atoms in total. The molecule has 0 saturated heterocycles. The Labute approximate surface area is 179 Å². The Hall–Kier alpha value is -2.97. The van der Waals surface area contributed by atoms with Crippen LogP contribution in [0.2, 0.25) is 0 Å². The van der Waals surface area contributed by atoms with Crippen molar-refractivity contribution < 1.29 is 4.39 Å². The second-order valence-corrected chi connectivity index (χ2v) is 8.14. The highest BCUT2D eigenvalue weighted by molar-refractivity contribution is 7.98. The molecule has 0 spiro atoms. The summed E-state index contributed by atoms with van der Waals surface area (Å²) in [5.41, 5.74) is 3.04. The molecule has 0 saturated carbocycles. The molecule has 0 radical (unpaired) electrons. The van der Waals surface area contributed by atoms with Gasteiger partial charge in [0.05, 0.1) is 11.7 Å². The largest absolute Gasteiger partial charge is 0.300 e. The minimum absolute atomic E-state index is 0.0604. The lowest BCUT2D eigenvalue weighted by atomic mass is 10.2. The van der Waals surface area contributed by atoms with E-state index < -0.39 is 0 Å². The molecule has 2 aromatic heterocycles. The molecular weight excluding hydrogens is 399 g/mol. The van der Waals surface area contributed by atoms with Crippen molar-refractivity contribution in [2.45, 2.75) is 23.9 Å². The smallest absolute Gasteiger partial charge is 0.196 e. The molecule has 2 heterocycles. The van der Waals surface area contributed by atoms with Crippen molar-refractivity contribution in [1.29, 1.82) is 0 Å². The van der Waals surface area contributed by atoms with E-state index in [2.05, 4.69) is 39.3 Å². The molecule has 0 bridgehead atoms. The van der Waals surface area contributed by atoms with Crippen LogP contribution in [0.25, 0.3) is 11.4 Å². The van der Waals surface area contributed by atoms with Gasteiger partial charge in [0.1, 0.15) is 5.82 Å². The number of halogens is 1. The molecule has 154 valence electrons. The Kier molecular flexibility index (Phi) is 5.96. The summed E-state index contributed by atoms with van der Waals surface area (Å²) in [6.45, 7) is 2.08. The van der Waals surface area contributed by atoms with Gasteiger partial charge in [-0.3, -0.25) is 9.47 Å². The van der Waals surface area contributed by atoms with Gasteiger partial charge in [-0.2, -0.15) is 5.10 Å². The molecule has 2 aromatic carbocycles. The average molecular weight is 423 g/mol. The average Bonchev–Trinajstić information content (AvgIpc) is 3.43. The molecule has 0 amide bonds. The standard InChI is InChI=1S/C22H23FN6S/c1-16(27(2)3)21-25-26-22(29(21)20-11-7-18(23)8-12-20)30-15-17-5-9-19(10-6-17)28-14-4-13-24-28/h4-14,16H,15H2,1-3H3. The summed E-state index contributed by atoms with van der Waals surface area (Å²) in [6.07, 6.45) is 3.68. The molecule has 0 fully saturated rings. The van der Waals surface area contributed by atoms with Crippen LogP contribution in [0.4, 0.5) is 4.39 Å². The first-order valence-electron chi connectivity index (χ1n) is 9.62. The highest BCUT2D eigenvalue weighted by atomic mass is 32.2. The molecule has 1 unspecified atom stereocenters. The van der Waals surface area contributed by atoms with Crippen molar-refractivity contribution >= 4 is 11.8 Å². The molecule has 1 atom stereocenters. The number of thioether (sulfide) groups is 1. The number of rotatable bonds is 7. The topological polar surface area (TPSA) is 51.8 Å². The van der Waals surface area contributed by atoms with Crippen molar-refractivity contribution in [2.75, 3.05) is 14.1 Å². The number of aromatic nitrogens is 5. The molecule has 0 aliphatic rings. The van der Waals surface area contributed by atoms with Crippen molar-refractivity contribution in [1.82, 2.24) is 29.4 Å². The zero-order valence-electron chi connectivity index (χ0n) is 17.1. The van der Waals surface area contributed by atoms with Crippen molar-refractivity contribution in [3.05, 3.63) is 84.2 Å². The second-order valence-electron chi connectivity index (χ2n) is 7.20. The van der Waals surface area contributed by atoms with Crippen molar-refractivity contribution in [3.8, 4) is 11.4 Å². The highest BCUT2D eigenvalue weighted by Crippen LogP contribution is 2.29. The maximum atomic E-state index is 13.5. The van der Waals surface area contributed by atoms with E-state index in [4.69, 9.17) is 0 Å². The van der Waals surface area contributed by atoms with Gasteiger partial charge >= 0.3 is 0 Å². The fraction of sp³-hybridized carbons (Fsp3) is 0.227. The summed E-state index contributed by atoms with van der Waals surface area (Å²) in [4.78, 5) is 2.08. The molecule has 0 aliphatic carbocycles. The van der Waals surface area contributed by atoms with Crippen LogP contribution in [0.15, 0.2) is 72.1 Å². The van der Waals surface area contributed by atoms with E-state index in [1.807, 2.05) is 47.7 Å². The summed E-state index contributed by atoms with van der Waals surface area (Å²) >= 11 is 1.61. The highest BCUT2D eigenvalue weighted by Gasteiger charge is 2.21. The third-order valence-corrected chi connectivity index (χ3v) is 5.96. The molecule has 8 heteroatoms. The number of nitrogens with zero attached hydrogens (tertiary/aromatic N) is 6. The maximum absolute atomic E-state index is 13.5. The number of hydrogen-bond acceptors (Lipinski definition) is 5. The minimum atomic E-state index is -0.263. The molecular formula is C22H23FN6S. The van der Waals surface area contributed by atoms with Crippen LogP contribution in [0.1, 0.15) is 24.4 Å². The fourth-order valence-electron chi connectivity index (χ4n) is 3.02. The van der Waals surface area contributed by atoms with Crippen LogP contribution in [0.3, 0.4) is 0 Å². The van der Waals surface area contributed by atoms with Crippen LogP contribution < -0.4 is 0 Å². The van der Waals surface area contributed by atoms with Gasteiger partial charge in [-0.15, -0.1) is 10.2 Å². The van der Waals surface area contributed by atoms with E-state index in [9.17, 15) is 4.39 Å². The summed E-state index contributed by atoms with van der Waals surface area (Å²) in [5.74, 6) is 1.30. The van der Waals surface area contributed by atoms with Gasteiger partial charge in [0.15, 0.2) is 11.0 Å². The Morgan fingerprint density at radius 2 is 1.70 bits per heavy atom. The van der Waals surface area contributed by atoms with Gasteiger partial charge in [-0.05, 0) is 69.0 Å². The van der Waals surface area contributed by atoms with Gasteiger partial charge in [-0.25, -0.2) is 9.07 Å². The lowest BCUT2D eigenvalue weighted by molar-refractivity contribution is 0.305. The van der Waals surface area contributed by atoms with E-state index in [-0.39, 0.29) is 11.9 Å². The summed E-state index contributed by atoms with van der Waals surface area (Å²) < 4.78 is 17.3. The first-order valence-corrected chi connectivity index (χ1v) is 10.6. The Bertz CT molecular complexity index is 1090. The number of benzene rings is 2. The second kappa shape index (κ2) is 8.81. The zero-order valence-corrected chi connectivity index (χ0v) is 17.9. The Morgan fingerprint density at radius 1 is 1.00 bits per heavy atom. The third-order valence-electron chi connectivity index (χ3n) is 4.96. The van der Waals surface area contributed by atoms with Crippen molar-refractivity contribution in [3.63, 3.8) is 0 Å². The molecule has 4 aromatic rings. The van der Waals surface area contributed by atoms with Gasteiger partial charge in [0.25, 0.3) is 0 Å². The lowest BCUT2D eigenvalue weighted by Crippen LogP contribution is -2.20. The van der Waals surface area contributed by atoms with E-state index in [1.165, 1.54) is 17.7 Å². The molecule has 4 rings (SSSR count). The van der Waals surface area contributed by atoms with E-state index in [0.717, 1.165) is 28.1 Å². The first-order chi connectivity index (χ1) is 14.5.